The van der Waals surface area contributed by atoms with Crippen LogP contribution in [0.2, 0.25) is 5.02 Å². The largest absolute Gasteiger partial charge is 0.467 e. The van der Waals surface area contributed by atoms with Crippen LogP contribution in [0.25, 0.3) is 5.65 Å². The number of carbonyl (C=O) groups excluding carboxylic acids is 2. The van der Waals surface area contributed by atoms with Crippen LogP contribution in [0.15, 0.2) is 30.5 Å². The first-order valence-corrected chi connectivity index (χ1v) is 14.6. The lowest BCUT2D eigenvalue weighted by Gasteiger charge is -2.40. The van der Waals surface area contributed by atoms with Crippen LogP contribution < -0.4 is 9.62 Å². The summed E-state index contributed by atoms with van der Waals surface area (Å²) in [4.78, 5) is 34.3. The van der Waals surface area contributed by atoms with Crippen LogP contribution in [0, 0.1) is 6.92 Å². The van der Waals surface area contributed by atoms with Crippen molar-refractivity contribution in [2.75, 3.05) is 36.1 Å². The highest BCUT2D eigenvalue weighted by Crippen LogP contribution is 2.35. The van der Waals surface area contributed by atoms with E-state index in [2.05, 4.69) is 4.72 Å². The average Bonchev–Trinajstić information content (AvgIpc) is 3.26. The number of sulfonamides is 1. The monoisotopic (exact) mass is 560 g/mol. The van der Waals surface area contributed by atoms with Gasteiger partial charge < -0.3 is 14.5 Å². The molecule has 1 N–H and O–H groups in total. The Morgan fingerprint density at radius 2 is 1.95 bits per heavy atom. The summed E-state index contributed by atoms with van der Waals surface area (Å²) in [5, 5.41) is 5.08. The molecule has 1 aromatic carbocycles. The lowest BCUT2D eigenvalue weighted by atomic mass is 9.98. The molecule has 2 aromatic heterocycles. The second kappa shape index (κ2) is 10.1. The molecule has 13 heteroatoms. The number of piperidine rings is 1. The summed E-state index contributed by atoms with van der Waals surface area (Å²) in [6.45, 7) is 3.12. The van der Waals surface area contributed by atoms with Crippen LogP contribution in [-0.4, -0.2) is 72.3 Å². The molecule has 202 valence electrons. The third-order valence-electron chi connectivity index (χ3n) is 7.00. The molecular weight excluding hydrogens is 532 g/mol. The molecule has 38 heavy (non-hydrogen) atoms. The Kier molecular flexibility index (Phi) is 6.95. The minimum atomic E-state index is -3.60. The number of hydrogen-bond donors (Lipinski definition) is 1. The van der Waals surface area contributed by atoms with E-state index in [0.717, 1.165) is 24.7 Å². The van der Waals surface area contributed by atoms with Gasteiger partial charge in [-0.25, -0.2) is 22.7 Å². The van der Waals surface area contributed by atoms with Gasteiger partial charge in [0.15, 0.2) is 5.65 Å². The average molecular weight is 561 g/mol. The number of carbonyl (C=O) groups is 2. The third-order valence-corrected chi connectivity index (χ3v) is 7.83. The lowest BCUT2D eigenvalue weighted by molar-refractivity contribution is -0.143. The zero-order chi connectivity index (χ0) is 27.2. The number of nitrogens with zero attached hydrogens (tertiary/aromatic N) is 5. The third kappa shape index (κ3) is 5.02. The number of methoxy groups -OCH3 is 1. The summed E-state index contributed by atoms with van der Waals surface area (Å²) < 4.78 is 32.8. The molecule has 2 fully saturated rings. The molecule has 4 heterocycles. The van der Waals surface area contributed by atoms with Crippen LogP contribution in [0.3, 0.4) is 0 Å². The van der Waals surface area contributed by atoms with Gasteiger partial charge in [0.05, 0.1) is 36.4 Å². The van der Waals surface area contributed by atoms with Gasteiger partial charge in [-0.05, 0) is 50.8 Å². The number of benzene rings is 1. The number of ether oxygens (including phenoxy) is 1. The summed E-state index contributed by atoms with van der Waals surface area (Å²) >= 11 is 6.18. The van der Waals surface area contributed by atoms with Gasteiger partial charge in [0.1, 0.15) is 11.9 Å². The van der Waals surface area contributed by atoms with Crippen LogP contribution in [0.5, 0.6) is 0 Å². The van der Waals surface area contributed by atoms with Crippen molar-refractivity contribution in [3.63, 3.8) is 0 Å². The van der Waals surface area contributed by atoms with Crippen LogP contribution in [0.4, 0.5) is 11.5 Å². The summed E-state index contributed by atoms with van der Waals surface area (Å²) in [7, 11) is -2.22. The Morgan fingerprint density at radius 3 is 2.63 bits per heavy atom. The van der Waals surface area contributed by atoms with E-state index in [1.165, 1.54) is 25.3 Å². The molecule has 0 aliphatic carbocycles. The van der Waals surface area contributed by atoms with Crippen molar-refractivity contribution in [1.29, 1.82) is 0 Å². The fourth-order valence-electron chi connectivity index (χ4n) is 5.11. The quantitative estimate of drug-likeness (QED) is 0.456. The molecular formula is C25H29ClN6O5S. The number of anilines is 2. The molecule has 2 aliphatic rings. The minimum Gasteiger partial charge on any atom is -0.467 e. The Balaban J connectivity index is 1.48. The van der Waals surface area contributed by atoms with E-state index in [4.69, 9.17) is 26.4 Å². The Labute approximate surface area is 225 Å². The molecule has 2 aliphatic heterocycles. The first kappa shape index (κ1) is 26.2. The predicted molar refractivity (Wildman–Crippen MR) is 143 cm³/mol. The van der Waals surface area contributed by atoms with Crippen LogP contribution in [0.1, 0.15) is 53.3 Å². The number of nitrogens with one attached hydrogen (secondary N) is 1. The van der Waals surface area contributed by atoms with Gasteiger partial charge in [0.2, 0.25) is 10.0 Å². The zero-order valence-electron chi connectivity index (χ0n) is 21.3. The van der Waals surface area contributed by atoms with Crippen LogP contribution in [-0.2, 0) is 19.6 Å². The van der Waals surface area contributed by atoms with E-state index >= 15 is 0 Å². The van der Waals surface area contributed by atoms with Crippen molar-refractivity contribution in [1.82, 2.24) is 19.5 Å². The van der Waals surface area contributed by atoms with Gasteiger partial charge in [-0.2, -0.15) is 5.10 Å². The number of halogens is 1. The molecule has 1 unspecified atom stereocenters. The number of fused-ring (bicyclic) bond motifs is 1. The highest BCUT2D eigenvalue weighted by atomic mass is 35.5. The van der Waals surface area contributed by atoms with E-state index in [-0.39, 0.29) is 35.2 Å². The number of esters is 1. The molecule has 0 spiro atoms. The topological polar surface area (TPSA) is 126 Å². The van der Waals surface area contributed by atoms with Gasteiger partial charge in [0.25, 0.3) is 5.91 Å². The van der Waals surface area contributed by atoms with Gasteiger partial charge in [0, 0.05) is 35.9 Å². The number of amides is 1. The normalized spacial score (nSPS) is 19.8. The number of rotatable bonds is 6. The summed E-state index contributed by atoms with van der Waals surface area (Å²) in [5.41, 5.74) is 2.53. The molecule has 2 saturated heterocycles. The van der Waals surface area contributed by atoms with E-state index in [1.807, 2.05) is 24.1 Å². The first-order valence-electron chi connectivity index (χ1n) is 12.4. The molecule has 0 bridgehead atoms. The number of aromatic nitrogens is 3. The fourth-order valence-corrected chi connectivity index (χ4v) is 5.86. The molecule has 2 atom stereocenters. The maximum Gasteiger partial charge on any atom is 0.328 e. The second-order valence-corrected chi connectivity index (χ2v) is 11.9. The van der Waals surface area contributed by atoms with Crippen molar-refractivity contribution < 1.29 is 22.7 Å². The summed E-state index contributed by atoms with van der Waals surface area (Å²) in [5.74, 6) is 0.0953. The molecule has 0 saturated carbocycles. The fraction of sp³-hybridized carbons (Fsp3) is 0.440. The Hall–Kier alpha value is -3.38. The maximum absolute atomic E-state index is 13.8. The van der Waals surface area contributed by atoms with Crippen LogP contribution >= 0.6 is 11.6 Å². The molecule has 0 radical (unpaired) electrons. The smallest absolute Gasteiger partial charge is 0.328 e. The SMILES string of the molecule is COC(=O)C1CCN1c1nc2cc([C@@H]3CCCCN3C(=O)c3cc(Cl)ccc3NS(C)(=O)=O)nn2cc1C. The minimum absolute atomic E-state index is 0.179. The number of hydrogen-bond acceptors (Lipinski definition) is 8. The van der Waals surface area contributed by atoms with Crippen molar-refractivity contribution in [3.8, 4) is 0 Å². The molecule has 5 rings (SSSR count). The number of likely N-dealkylation sites (tertiary alicyclic amines) is 1. The highest BCUT2D eigenvalue weighted by Gasteiger charge is 2.37. The van der Waals surface area contributed by atoms with Crippen molar-refractivity contribution in [3.05, 3.63) is 52.3 Å². The molecule has 1 amide bonds. The zero-order valence-corrected chi connectivity index (χ0v) is 22.9. The predicted octanol–water partition coefficient (Wildman–Crippen LogP) is 3.18. The summed E-state index contributed by atoms with van der Waals surface area (Å²) in [6, 6.07) is 5.70. The molecule has 3 aromatic rings. The van der Waals surface area contributed by atoms with E-state index in [9.17, 15) is 18.0 Å². The van der Waals surface area contributed by atoms with E-state index in [1.54, 1.807) is 9.42 Å². The number of aryl methyl sites for hydroxylation is 1. The maximum atomic E-state index is 13.8. The van der Waals surface area contributed by atoms with Gasteiger partial charge in [-0.1, -0.05) is 11.6 Å². The highest BCUT2D eigenvalue weighted by molar-refractivity contribution is 7.92. The van der Waals surface area contributed by atoms with Crippen molar-refractivity contribution in [2.45, 2.75) is 44.7 Å². The Morgan fingerprint density at radius 1 is 1.16 bits per heavy atom. The second-order valence-electron chi connectivity index (χ2n) is 9.71. The Bertz CT molecular complexity index is 1520. The van der Waals surface area contributed by atoms with Crippen molar-refractivity contribution >= 4 is 50.7 Å². The van der Waals surface area contributed by atoms with Crippen molar-refractivity contribution in [2.24, 2.45) is 0 Å². The lowest BCUT2D eigenvalue weighted by Crippen LogP contribution is -2.53. The van der Waals surface area contributed by atoms with Gasteiger partial charge in [-0.15, -0.1) is 0 Å². The van der Waals surface area contributed by atoms with E-state index in [0.29, 0.717) is 48.1 Å². The standard InChI is InChI=1S/C25H29ClN6O5S/c1-15-14-32-22(27-23(15)30-11-9-21(30)25(34)37-2)13-19(28-32)20-6-4-5-10-31(20)24(33)17-12-16(26)7-8-18(17)29-38(3,35)36/h7-8,12-14,20-21,29H,4-6,9-11H2,1-3H3/t20-,21?/m0/s1. The summed E-state index contributed by atoms with van der Waals surface area (Å²) in [6.07, 6.45) is 6.05. The molecule has 11 nitrogen and oxygen atoms in total. The first-order chi connectivity index (χ1) is 18.1. The van der Waals surface area contributed by atoms with Gasteiger partial charge in [-0.3, -0.25) is 9.52 Å². The van der Waals surface area contributed by atoms with Gasteiger partial charge >= 0.3 is 5.97 Å². The van der Waals surface area contributed by atoms with E-state index < -0.39 is 10.0 Å².